The SMILES string of the molecule is Cc1cccc(C2(C)CCCc3c2ccc2c3CCc3ccccc3-2)c1. The van der Waals surface area contributed by atoms with Crippen molar-refractivity contribution in [3.8, 4) is 11.1 Å². The van der Waals surface area contributed by atoms with E-state index in [1.54, 1.807) is 16.7 Å². The van der Waals surface area contributed by atoms with Gasteiger partial charge in [0, 0.05) is 5.41 Å². The monoisotopic (exact) mass is 338 g/mol. The van der Waals surface area contributed by atoms with Gasteiger partial charge in [-0.25, -0.2) is 0 Å². The van der Waals surface area contributed by atoms with Crippen molar-refractivity contribution < 1.29 is 0 Å². The minimum absolute atomic E-state index is 0.144. The molecule has 0 aliphatic heterocycles. The Balaban J connectivity index is 1.71. The fraction of sp³-hybridized carbons (Fsp3) is 0.308. The molecular formula is C26H26. The molecule has 0 aromatic heterocycles. The van der Waals surface area contributed by atoms with Gasteiger partial charge >= 0.3 is 0 Å². The number of rotatable bonds is 1. The molecule has 0 radical (unpaired) electrons. The first-order valence-corrected chi connectivity index (χ1v) is 9.97. The van der Waals surface area contributed by atoms with Gasteiger partial charge in [-0.05, 0) is 78.0 Å². The van der Waals surface area contributed by atoms with Crippen molar-refractivity contribution >= 4 is 0 Å². The first-order valence-electron chi connectivity index (χ1n) is 9.97. The summed E-state index contributed by atoms with van der Waals surface area (Å²) in [5, 5.41) is 0. The van der Waals surface area contributed by atoms with Gasteiger partial charge in [0.25, 0.3) is 0 Å². The van der Waals surface area contributed by atoms with Crippen molar-refractivity contribution in [3.05, 3.63) is 94.0 Å². The van der Waals surface area contributed by atoms with Gasteiger partial charge in [0.1, 0.15) is 0 Å². The molecule has 0 heteroatoms. The maximum absolute atomic E-state index is 2.46. The standard InChI is InChI=1S/C26H26/c1-18-7-5-9-20(17-18)26(2)16-6-11-24-23-13-12-19-8-3-4-10-21(19)22(23)14-15-25(24)26/h3-5,7-10,14-15,17H,6,11-13,16H2,1-2H3. The highest BCUT2D eigenvalue weighted by Crippen LogP contribution is 2.47. The van der Waals surface area contributed by atoms with Gasteiger partial charge in [-0.15, -0.1) is 0 Å². The molecule has 130 valence electrons. The zero-order valence-electron chi connectivity index (χ0n) is 15.8. The molecule has 0 amide bonds. The molecule has 0 bridgehead atoms. The Morgan fingerprint density at radius 3 is 2.54 bits per heavy atom. The average Bonchev–Trinajstić information content (AvgIpc) is 2.68. The van der Waals surface area contributed by atoms with E-state index < -0.39 is 0 Å². The van der Waals surface area contributed by atoms with Crippen molar-refractivity contribution in [1.82, 2.24) is 0 Å². The lowest BCUT2D eigenvalue weighted by Crippen LogP contribution is -2.30. The second-order valence-corrected chi connectivity index (χ2v) is 8.33. The predicted octanol–water partition coefficient (Wildman–Crippen LogP) is 6.40. The zero-order valence-corrected chi connectivity index (χ0v) is 15.8. The molecule has 2 aliphatic rings. The second-order valence-electron chi connectivity index (χ2n) is 8.33. The molecule has 0 saturated carbocycles. The van der Waals surface area contributed by atoms with Gasteiger partial charge in [-0.2, -0.15) is 0 Å². The van der Waals surface area contributed by atoms with Gasteiger partial charge in [0.2, 0.25) is 0 Å². The normalized spacial score (nSPS) is 20.8. The van der Waals surface area contributed by atoms with Crippen molar-refractivity contribution in [1.29, 1.82) is 0 Å². The molecule has 0 N–H and O–H groups in total. The second kappa shape index (κ2) is 5.84. The Morgan fingerprint density at radius 2 is 1.65 bits per heavy atom. The first-order chi connectivity index (χ1) is 12.7. The Labute approximate surface area is 156 Å². The molecule has 1 unspecified atom stereocenters. The largest absolute Gasteiger partial charge is 0.0620 e. The third-order valence-corrected chi connectivity index (χ3v) is 6.74. The summed E-state index contributed by atoms with van der Waals surface area (Å²) in [5.41, 5.74) is 12.3. The maximum Gasteiger partial charge on any atom is 0.0177 e. The summed E-state index contributed by atoms with van der Waals surface area (Å²) in [7, 11) is 0. The minimum atomic E-state index is 0.144. The van der Waals surface area contributed by atoms with Crippen LogP contribution in [0.5, 0.6) is 0 Å². The molecule has 3 aromatic rings. The van der Waals surface area contributed by atoms with Crippen LogP contribution in [0.25, 0.3) is 11.1 Å². The Bertz CT molecular complexity index is 995. The molecular weight excluding hydrogens is 312 g/mol. The van der Waals surface area contributed by atoms with Gasteiger partial charge in [0.15, 0.2) is 0 Å². The van der Waals surface area contributed by atoms with Crippen LogP contribution in [0.1, 0.15) is 53.1 Å². The van der Waals surface area contributed by atoms with Crippen molar-refractivity contribution in [2.75, 3.05) is 0 Å². The van der Waals surface area contributed by atoms with Crippen LogP contribution in [0.4, 0.5) is 0 Å². The van der Waals surface area contributed by atoms with Crippen LogP contribution in [0, 0.1) is 6.92 Å². The molecule has 0 spiro atoms. The van der Waals surface area contributed by atoms with E-state index in [2.05, 4.69) is 74.5 Å². The van der Waals surface area contributed by atoms with Crippen molar-refractivity contribution in [3.63, 3.8) is 0 Å². The molecule has 2 aliphatic carbocycles. The molecule has 5 rings (SSSR count). The maximum atomic E-state index is 2.46. The topological polar surface area (TPSA) is 0 Å². The summed E-state index contributed by atoms with van der Waals surface area (Å²) < 4.78 is 0. The number of hydrogen-bond acceptors (Lipinski definition) is 0. The van der Waals surface area contributed by atoms with E-state index in [0.717, 1.165) is 0 Å². The van der Waals surface area contributed by atoms with Gasteiger partial charge < -0.3 is 0 Å². The molecule has 3 aromatic carbocycles. The molecule has 1 atom stereocenters. The quantitative estimate of drug-likeness (QED) is 0.481. The highest BCUT2D eigenvalue weighted by Gasteiger charge is 2.35. The fourth-order valence-electron chi connectivity index (χ4n) is 5.34. The summed E-state index contributed by atoms with van der Waals surface area (Å²) in [6.45, 7) is 4.67. The molecule has 0 fully saturated rings. The van der Waals surface area contributed by atoms with Crippen LogP contribution in [0.15, 0.2) is 60.7 Å². The van der Waals surface area contributed by atoms with Crippen LogP contribution < -0.4 is 0 Å². The van der Waals surface area contributed by atoms with E-state index in [1.165, 1.54) is 59.9 Å². The Kier molecular flexibility index (Phi) is 3.57. The van der Waals surface area contributed by atoms with Crippen LogP contribution in [-0.4, -0.2) is 0 Å². The number of aryl methyl sites for hydroxylation is 2. The Morgan fingerprint density at radius 1 is 0.769 bits per heavy atom. The lowest BCUT2D eigenvalue weighted by atomic mass is 9.65. The van der Waals surface area contributed by atoms with E-state index in [4.69, 9.17) is 0 Å². The van der Waals surface area contributed by atoms with Gasteiger partial charge in [-0.3, -0.25) is 0 Å². The molecule has 0 heterocycles. The zero-order chi connectivity index (χ0) is 17.7. The Hall–Kier alpha value is -2.34. The van der Waals surface area contributed by atoms with E-state index in [1.807, 2.05) is 0 Å². The van der Waals surface area contributed by atoms with E-state index >= 15 is 0 Å². The van der Waals surface area contributed by atoms with Gasteiger partial charge in [0.05, 0.1) is 0 Å². The van der Waals surface area contributed by atoms with E-state index in [9.17, 15) is 0 Å². The van der Waals surface area contributed by atoms with Crippen LogP contribution >= 0.6 is 0 Å². The summed E-state index contributed by atoms with van der Waals surface area (Å²) >= 11 is 0. The highest BCUT2D eigenvalue weighted by atomic mass is 14.4. The fourth-order valence-corrected chi connectivity index (χ4v) is 5.34. The van der Waals surface area contributed by atoms with E-state index in [0.29, 0.717) is 0 Å². The number of hydrogen-bond donors (Lipinski definition) is 0. The predicted molar refractivity (Wildman–Crippen MR) is 110 cm³/mol. The summed E-state index contributed by atoms with van der Waals surface area (Å²) in [5.74, 6) is 0. The highest BCUT2D eigenvalue weighted by molar-refractivity contribution is 5.75. The first kappa shape index (κ1) is 15.9. The summed E-state index contributed by atoms with van der Waals surface area (Å²) in [6, 6.07) is 23.0. The minimum Gasteiger partial charge on any atom is -0.0620 e. The summed E-state index contributed by atoms with van der Waals surface area (Å²) in [4.78, 5) is 0. The van der Waals surface area contributed by atoms with Gasteiger partial charge in [-0.1, -0.05) is 73.2 Å². The average molecular weight is 338 g/mol. The third kappa shape index (κ3) is 2.28. The van der Waals surface area contributed by atoms with E-state index in [-0.39, 0.29) is 5.41 Å². The third-order valence-electron chi connectivity index (χ3n) is 6.74. The number of benzene rings is 3. The molecule has 26 heavy (non-hydrogen) atoms. The van der Waals surface area contributed by atoms with Crippen LogP contribution in [0.2, 0.25) is 0 Å². The van der Waals surface area contributed by atoms with Crippen molar-refractivity contribution in [2.45, 2.75) is 51.4 Å². The van der Waals surface area contributed by atoms with Crippen LogP contribution in [-0.2, 0) is 24.7 Å². The van der Waals surface area contributed by atoms with Crippen LogP contribution in [0.3, 0.4) is 0 Å². The van der Waals surface area contributed by atoms with Crippen molar-refractivity contribution in [2.24, 2.45) is 0 Å². The number of fused-ring (bicyclic) bond motifs is 5. The summed E-state index contributed by atoms with van der Waals surface area (Å²) in [6.07, 6.45) is 6.15. The molecule has 0 saturated heterocycles. The lowest BCUT2D eigenvalue weighted by molar-refractivity contribution is 0.463. The molecule has 0 nitrogen and oxygen atoms in total. The lowest BCUT2D eigenvalue weighted by Gasteiger charge is -2.39. The smallest absolute Gasteiger partial charge is 0.0177 e.